The van der Waals surface area contributed by atoms with Gasteiger partial charge in [0, 0.05) is 0 Å². The van der Waals surface area contributed by atoms with E-state index in [2.05, 4.69) is 0 Å². The van der Waals surface area contributed by atoms with Gasteiger partial charge in [-0.15, -0.1) is 0 Å². The molecule has 0 saturated heterocycles. The molecule has 0 aliphatic rings. The van der Waals surface area contributed by atoms with Crippen molar-refractivity contribution in [3.8, 4) is 11.5 Å². The van der Waals surface area contributed by atoms with Crippen molar-refractivity contribution < 1.29 is 19.0 Å². The van der Waals surface area contributed by atoms with Gasteiger partial charge in [0.25, 0.3) is 0 Å². The Kier molecular flexibility index (Phi) is 4.37. The summed E-state index contributed by atoms with van der Waals surface area (Å²) in [6.45, 7) is 3.59. The van der Waals surface area contributed by atoms with Gasteiger partial charge in [-0.05, 0) is 37.6 Å². The van der Waals surface area contributed by atoms with E-state index >= 15 is 0 Å². The van der Waals surface area contributed by atoms with Gasteiger partial charge >= 0.3 is 5.97 Å². The van der Waals surface area contributed by atoms with Gasteiger partial charge in [-0.25, -0.2) is 4.79 Å². The second-order valence-corrected chi connectivity index (χ2v) is 3.85. The van der Waals surface area contributed by atoms with Crippen LogP contribution in [-0.2, 0) is 9.53 Å². The summed E-state index contributed by atoms with van der Waals surface area (Å²) in [5.74, 6) is 0.977. The summed E-state index contributed by atoms with van der Waals surface area (Å²) in [5, 5.41) is 0. The molecular formula is C13H18O4. The number of carbonyl (C=O) groups is 1. The van der Waals surface area contributed by atoms with Gasteiger partial charge in [0.15, 0.2) is 0 Å². The zero-order valence-corrected chi connectivity index (χ0v) is 10.6. The molecule has 0 radical (unpaired) electrons. The van der Waals surface area contributed by atoms with Crippen molar-refractivity contribution in [3.05, 3.63) is 24.3 Å². The van der Waals surface area contributed by atoms with E-state index in [1.807, 2.05) is 6.92 Å². The van der Waals surface area contributed by atoms with Gasteiger partial charge < -0.3 is 14.2 Å². The second kappa shape index (κ2) is 5.57. The van der Waals surface area contributed by atoms with Gasteiger partial charge in [0.2, 0.25) is 5.60 Å². The number of esters is 1. The summed E-state index contributed by atoms with van der Waals surface area (Å²) < 4.78 is 15.5. The first-order valence-corrected chi connectivity index (χ1v) is 5.47. The Labute approximate surface area is 101 Å². The van der Waals surface area contributed by atoms with Gasteiger partial charge in [-0.2, -0.15) is 0 Å². The first-order valence-electron chi connectivity index (χ1n) is 5.47. The lowest BCUT2D eigenvalue weighted by Crippen LogP contribution is -2.41. The highest BCUT2D eigenvalue weighted by molar-refractivity contribution is 5.79. The highest BCUT2D eigenvalue weighted by Crippen LogP contribution is 2.24. The molecule has 94 valence electrons. The van der Waals surface area contributed by atoms with Gasteiger partial charge in [0.1, 0.15) is 11.5 Å². The Hall–Kier alpha value is -1.71. The molecule has 0 bridgehead atoms. The maximum Gasteiger partial charge on any atom is 0.349 e. The van der Waals surface area contributed by atoms with Gasteiger partial charge in [0.05, 0.1) is 14.2 Å². The Morgan fingerprint density at radius 1 is 1.18 bits per heavy atom. The summed E-state index contributed by atoms with van der Waals surface area (Å²) in [6, 6.07) is 7.08. The van der Waals surface area contributed by atoms with E-state index in [0.717, 1.165) is 5.75 Å². The molecule has 0 aliphatic carbocycles. The summed E-state index contributed by atoms with van der Waals surface area (Å²) in [4.78, 5) is 11.6. The van der Waals surface area contributed by atoms with Crippen LogP contribution in [-0.4, -0.2) is 25.8 Å². The lowest BCUT2D eigenvalue weighted by molar-refractivity contribution is -0.157. The quantitative estimate of drug-likeness (QED) is 0.739. The summed E-state index contributed by atoms with van der Waals surface area (Å²) >= 11 is 0. The van der Waals surface area contributed by atoms with E-state index in [-0.39, 0.29) is 5.97 Å². The number of benzene rings is 1. The molecule has 1 rings (SSSR count). The minimum atomic E-state index is -0.955. The van der Waals surface area contributed by atoms with Crippen molar-refractivity contribution in [1.29, 1.82) is 0 Å². The molecule has 0 saturated carbocycles. The lowest BCUT2D eigenvalue weighted by atomic mass is 10.0. The smallest absolute Gasteiger partial charge is 0.349 e. The maximum atomic E-state index is 11.6. The molecule has 0 heterocycles. The molecule has 0 aliphatic heterocycles. The van der Waals surface area contributed by atoms with Crippen LogP contribution in [0.25, 0.3) is 0 Å². The summed E-state index contributed by atoms with van der Waals surface area (Å²) in [5.41, 5.74) is -0.955. The Morgan fingerprint density at radius 2 is 1.71 bits per heavy atom. The van der Waals surface area contributed by atoms with Gasteiger partial charge in [-0.3, -0.25) is 0 Å². The number of rotatable bonds is 5. The molecule has 1 atom stereocenters. The van der Waals surface area contributed by atoms with E-state index in [9.17, 15) is 4.79 Å². The minimum absolute atomic E-state index is 0.379. The fourth-order valence-corrected chi connectivity index (χ4v) is 1.38. The molecule has 17 heavy (non-hydrogen) atoms. The Balaban J connectivity index is 2.83. The minimum Gasteiger partial charge on any atom is -0.497 e. The van der Waals surface area contributed by atoms with Crippen molar-refractivity contribution in [2.75, 3.05) is 14.2 Å². The third kappa shape index (κ3) is 3.12. The molecule has 4 nitrogen and oxygen atoms in total. The number of hydrogen-bond acceptors (Lipinski definition) is 4. The van der Waals surface area contributed by atoms with Crippen molar-refractivity contribution in [1.82, 2.24) is 0 Å². The molecule has 0 aromatic heterocycles. The zero-order chi connectivity index (χ0) is 12.9. The fourth-order valence-electron chi connectivity index (χ4n) is 1.38. The molecule has 0 fully saturated rings. The van der Waals surface area contributed by atoms with E-state index < -0.39 is 5.60 Å². The topological polar surface area (TPSA) is 44.8 Å². The summed E-state index contributed by atoms with van der Waals surface area (Å²) in [6.07, 6.45) is 0.533. The van der Waals surface area contributed by atoms with E-state index in [1.54, 1.807) is 38.3 Å². The molecule has 1 unspecified atom stereocenters. The third-order valence-corrected chi connectivity index (χ3v) is 2.69. The molecular weight excluding hydrogens is 220 g/mol. The molecule has 4 heteroatoms. The normalized spacial score (nSPS) is 13.6. The monoisotopic (exact) mass is 238 g/mol. The molecule has 0 N–H and O–H groups in total. The largest absolute Gasteiger partial charge is 0.497 e. The van der Waals surface area contributed by atoms with E-state index in [0.29, 0.717) is 12.2 Å². The van der Waals surface area contributed by atoms with Crippen LogP contribution in [0, 0.1) is 0 Å². The van der Waals surface area contributed by atoms with Crippen LogP contribution < -0.4 is 9.47 Å². The highest BCUT2D eigenvalue weighted by atomic mass is 16.6. The Bertz CT molecular complexity index is 372. The number of methoxy groups -OCH3 is 2. The van der Waals surface area contributed by atoms with Crippen molar-refractivity contribution in [2.24, 2.45) is 0 Å². The maximum absolute atomic E-state index is 11.6. The fraction of sp³-hybridized carbons (Fsp3) is 0.462. The van der Waals surface area contributed by atoms with E-state index in [1.165, 1.54) is 7.11 Å². The number of carbonyl (C=O) groups excluding carboxylic acids is 1. The predicted molar refractivity (Wildman–Crippen MR) is 64.3 cm³/mol. The second-order valence-electron chi connectivity index (χ2n) is 3.85. The van der Waals surface area contributed by atoms with E-state index in [4.69, 9.17) is 14.2 Å². The van der Waals surface area contributed by atoms with Crippen LogP contribution in [0.2, 0.25) is 0 Å². The number of ether oxygens (including phenoxy) is 3. The first kappa shape index (κ1) is 13.4. The van der Waals surface area contributed by atoms with Crippen LogP contribution >= 0.6 is 0 Å². The van der Waals surface area contributed by atoms with Crippen LogP contribution in [0.15, 0.2) is 24.3 Å². The highest BCUT2D eigenvalue weighted by Gasteiger charge is 2.34. The average molecular weight is 238 g/mol. The number of hydrogen-bond donors (Lipinski definition) is 0. The standard InChI is InChI=1S/C13H18O4/c1-5-13(2,12(14)16-4)17-11-8-6-10(15-3)7-9-11/h6-9H,5H2,1-4H3. The van der Waals surface area contributed by atoms with Crippen LogP contribution in [0.4, 0.5) is 0 Å². The third-order valence-electron chi connectivity index (χ3n) is 2.69. The Morgan fingerprint density at radius 3 is 2.12 bits per heavy atom. The SMILES string of the molecule is CCC(C)(Oc1ccc(OC)cc1)C(=O)OC. The van der Waals surface area contributed by atoms with Crippen molar-refractivity contribution in [3.63, 3.8) is 0 Å². The van der Waals surface area contributed by atoms with Crippen molar-refractivity contribution >= 4 is 5.97 Å². The zero-order valence-electron chi connectivity index (χ0n) is 10.6. The van der Waals surface area contributed by atoms with Gasteiger partial charge in [-0.1, -0.05) is 6.92 Å². The van der Waals surface area contributed by atoms with Crippen LogP contribution in [0.1, 0.15) is 20.3 Å². The lowest BCUT2D eigenvalue weighted by Gasteiger charge is -2.26. The van der Waals surface area contributed by atoms with Crippen molar-refractivity contribution in [2.45, 2.75) is 25.9 Å². The molecule has 1 aromatic rings. The predicted octanol–water partition coefficient (Wildman–Crippen LogP) is 2.42. The summed E-state index contributed by atoms with van der Waals surface area (Å²) in [7, 11) is 2.95. The van der Waals surface area contributed by atoms with Crippen LogP contribution in [0.3, 0.4) is 0 Å². The molecule has 1 aromatic carbocycles. The first-order chi connectivity index (χ1) is 8.05. The molecule has 0 amide bonds. The average Bonchev–Trinajstić information content (AvgIpc) is 2.38. The molecule has 0 spiro atoms. The van der Waals surface area contributed by atoms with Crippen LogP contribution in [0.5, 0.6) is 11.5 Å².